The smallest absolute Gasteiger partial charge is 0.306 e. The predicted octanol–water partition coefficient (Wildman–Crippen LogP) is 2.16. The van der Waals surface area contributed by atoms with E-state index in [0.717, 1.165) is 25.2 Å². The molecule has 3 atom stereocenters. The molecule has 3 rings (SSSR count). The summed E-state index contributed by atoms with van der Waals surface area (Å²) in [5.74, 6) is 0.00491. The number of carboxylic acid groups (broad SMARTS) is 1. The number of aliphatic carboxylic acids is 1. The number of carbonyl (C=O) groups is 1. The lowest BCUT2D eigenvalue weighted by Gasteiger charge is -2.27. The molecule has 1 N–H and O–H groups in total. The van der Waals surface area contributed by atoms with Gasteiger partial charge in [0, 0.05) is 11.2 Å². The number of thioether (sulfide) groups is 1. The Morgan fingerprint density at radius 1 is 1.33 bits per heavy atom. The van der Waals surface area contributed by atoms with Gasteiger partial charge in [-0.3, -0.25) is 9.79 Å². The molecule has 3 aliphatic rings. The van der Waals surface area contributed by atoms with Crippen LogP contribution in [-0.4, -0.2) is 27.4 Å². The van der Waals surface area contributed by atoms with E-state index in [9.17, 15) is 4.79 Å². The number of fused-ring (bicyclic) bond motifs is 1. The fourth-order valence-electron chi connectivity index (χ4n) is 2.49. The molecule has 0 radical (unpaired) electrons. The molecule has 0 aromatic rings. The molecule has 0 aromatic carbocycles. The van der Waals surface area contributed by atoms with Crippen LogP contribution in [0.3, 0.4) is 0 Å². The Labute approximate surface area is 93.3 Å². The number of aliphatic imine (C=N–C) groups is 1. The van der Waals surface area contributed by atoms with Gasteiger partial charge in [0.1, 0.15) is 0 Å². The maximum absolute atomic E-state index is 10.9. The molecule has 0 bridgehead atoms. The molecule has 3 nitrogen and oxygen atoms in total. The van der Waals surface area contributed by atoms with Crippen molar-refractivity contribution in [2.75, 3.05) is 0 Å². The lowest BCUT2D eigenvalue weighted by atomic mass is 9.86. The Bertz CT molecular complexity index is 325. The highest BCUT2D eigenvalue weighted by Crippen LogP contribution is 2.46. The van der Waals surface area contributed by atoms with Crippen LogP contribution in [0.1, 0.15) is 32.1 Å². The summed E-state index contributed by atoms with van der Waals surface area (Å²) in [5, 5.41) is 10.8. The van der Waals surface area contributed by atoms with Crippen LogP contribution in [0.25, 0.3) is 0 Å². The summed E-state index contributed by atoms with van der Waals surface area (Å²) in [7, 11) is 0. The molecule has 4 heteroatoms. The van der Waals surface area contributed by atoms with Crippen molar-refractivity contribution >= 4 is 22.8 Å². The SMILES string of the molecule is O=C(O)C1CCC2N=C(C3CC3)SC2C1. The van der Waals surface area contributed by atoms with E-state index < -0.39 is 5.97 Å². The van der Waals surface area contributed by atoms with Crippen molar-refractivity contribution in [2.45, 2.75) is 43.4 Å². The number of hydrogen-bond donors (Lipinski definition) is 1. The maximum Gasteiger partial charge on any atom is 0.306 e. The average molecular weight is 225 g/mol. The zero-order chi connectivity index (χ0) is 10.4. The molecule has 0 amide bonds. The highest BCUT2D eigenvalue weighted by atomic mass is 32.2. The predicted molar refractivity (Wildman–Crippen MR) is 60.3 cm³/mol. The van der Waals surface area contributed by atoms with Gasteiger partial charge in [-0.2, -0.15) is 0 Å². The van der Waals surface area contributed by atoms with Crippen molar-refractivity contribution in [1.82, 2.24) is 0 Å². The second-order valence-electron chi connectivity index (χ2n) is 4.81. The zero-order valence-corrected chi connectivity index (χ0v) is 9.37. The monoisotopic (exact) mass is 225 g/mol. The molecular weight excluding hydrogens is 210 g/mol. The Balaban J connectivity index is 1.67. The summed E-state index contributed by atoms with van der Waals surface area (Å²) in [5.41, 5.74) is 0. The van der Waals surface area contributed by atoms with Crippen molar-refractivity contribution in [2.24, 2.45) is 16.8 Å². The largest absolute Gasteiger partial charge is 0.481 e. The van der Waals surface area contributed by atoms with Crippen LogP contribution < -0.4 is 0 Å². The molecule has 0 saturated heterocycles. The van der Waals surface area contributed by atoms with Gasteiger partial charge < -0.3 is 5.11 Å². The van der Waals surface area contributed by atoms with Gasteiger partial charge in [-0.25, -0.2) is 0 Å². The van der Waals surface area contributed by atoms with E-state index in [1.807, 2.05) is 11.8 Å². The highest BCUT2D eigenvalue weighted by molar-refractivity contribution is 8.14. The molecular formula is C11H15NO2S. The first-order valence-electron chi connectivity index (χ1n) is 5.71. The Hall–Kier alpha value is -0.510. The molecule has 15 heavy (non-hydrogen) atoms. The summed E-state index contributed by atoms with van der Waals surface area (Å²) in [4.78, 5) is 15.7. The number of nitrogens with zero attached hydrogens (tertiary/aromatic N) is 1. The van der Waals surface area contributed by atoms with Gasteiger partial charge in [0.05, 0.1) is 17.0 Å². The van der Waals surface area contributed by atoms with Crippen LogP contribution >= 0.6 is 11.8 Å². The lowest BCUT2D eigenvalue weighted by molar-refractivity contribution is -0.142. The first-order chi connectivity index (χ1) is 7.24. The molecule has 0 spiro atoms. The molecule has 2 aliphatic carbocycles. The maximum atomic E-state index is 10.9. The number of rotatable bonds is 2. The third-order valence-corrected chi connectivity index (χ3v) is 5.09. The van der Waals surface area contributed by atoms with Gasteiger partial charge in [0.25, 0.3) is 0 Å². The molecule has 82 valence electrons. The molecule has 3 unspecified atom stereocenters. The first-order valence-corrected chi connectivity index (χ1v) is 6.59. The van der Waals surface area contributed by atoms with Crippen LogP contribution in [0.4, 0.5) is 0 Å². The summed E-state index contributed by atoms with van der Waals surface area (Å²) in [6.07, 6.45) is 5.22. The van der Waals surface area contributed by atoms with Crippen molar-refractivity contribution in [1.29, 1.82) is 0 Å². The molecule has 2 fully saturated rings. The van der Waals surface area contributed by atoms with E-state index in [1.54, 1.807) is 0 Å². The van der Waals surface area contributed by atoms with E-state index in [0.29, 0.717) is 11.3 Å². The Kier molecular flexibility index (Phi) is 2.27. The molecule has 0 aromatic heterocycles. The van der Waals surface area contributed by atoms with Crippen LogP contribution in [-0.2, 0) is 4.79 Å². The van der Waals surface area contributed by atoms with E-state index in [4.69, 9.17) is 10.1 Å². The minimum absolute atomic E-state index is 0.118. The van der Waals surface area contributed by atoms with Gasteiger partial charge in [-0.05, 0) is 32.1 Å². The van der Waals surface area contributed by atoms with Gasteiger partial charge in [0.15, 0.2) is 0 Å². The van der Waals surface area contributed by atoms with Crippen molar-refractivity contribution < 1.29 is 9.90 Å². The van der Waals surface area contributed by atoms with Gasteiger partial charge in [-0.15, -0.1) is 11.8 Å². The normalized spacial score (nSPS) is 39.7. The van der Waals surface area contributed by atoms with E-state index >= 15 is 0 Å². The fourth-order valence-corrected chi connectivity index (χ4v) is 4.11. The molecule has 1 heterocycles. The quantitative estimate of drug-likeness (QED) is 0.783. The Morgan fingerprint density at radius 2 is 2.13 bits per heavy atom. The Morgan fingerprint density at radius 3 is 2.80 bits per heavy atom. The van der Waals surface area contributed by atoms with Crippen molar-refractivity contribution in [3.05, 3.63) is 0 Å². The minimum atomic E-state index is -0.617. The molecule has 1 aliphatic heterocycles. The highest BCUT2D eigenvalue weighted by Gasteiger charge is 2.42. The third kappa shape index (κ3) is 1.80. The van der Waals surface area contributed by atoms with Gasteiger partial charge in [-0.1, -0.05) is 0 Å². The van der Waals surface area contributed by atoms with E-state index in [2.05, 4.69) is 0 Å². The second kappa shape index (κ2) is 3.51. The average Bonchev–Trinajstić information content (AvgIpc) is 2.97. The van der Waals surface area contributed by atoms with Crippen LogP contribution in [0.15, 0.2) is 4.99 Å². The van der Waals surface area contributed by atoms with E-state index in [-0.39, 0.29) is 5.92 Å². The van der Waals surface area contributed by atoms with Gasteiger partial charge in [0.2, 0.25) is 0 Å². The first kappa shape index (κ1) is 9.70. The zero-order valence-electron chi connectivity index (χ0n) is 8.56. The number of hydrogen-bond acceptors (Lipinski definition) is 3. The summed E-state index contributed by atoms with van der Waals surface area (Å²) >= 11 is 1.87. The van der Waals surface area contributed by atoms with Crippen LogP contribution in [0.2, 0.25) is 0 Å². The molecule has 2 saturated carbocycles. The fraction of sp³-hybridized carbons (Fsp3) is 0.818. The summed E-state index contributed by atoms with van der Waals surface area (Å²) in [6.45, 7) is 0. The standard InChI is InChI=1S/C11H15NO2S/c13-11(14)7-3-4-8-9(5-7)15-10(12-8)6-1-2-6/h6-9H,1-5H2,(H,13,14). The van der Waals surface area contributed by atoms with Crippen LogP contribution in [0, 0.1) is 11.8 Å². The minimum Gasteiger partial charge on any atom is -0.481 e. The third-order valence-electron chi connectivity index (χ3n) is 3.60. The lowest BCUT2D eigenvalue weighted by Crippen LogP contribution is -2.31. The van der Waals surface area contributed by atoms with Crippen molar-refractivity contribution in [3.8, 4) is 0 Å². The van der Waals surface area contributed by atoms with Crippen LogP contribution in [0.5, 0.6) is 0 Å². The number of carboxylic acids is 1. The van der Waals surface area contributed by atoms with Gasteiger partial charge >= 0.3 is 5.97 Å². The van der Waals surface area contributed by atoms with Crippen molar-refractivity contribution in [3.63, 3.8) is 0 Å². The van der Waals surface area contributed by atoms with E-state index in [1.165, 1.54) is 17.9 Å². The summed E-state index contributed by atoms with van der Waals surface area (Å²) < 4.78 is 0. The second-order valence-corrected chi connectivity index (χ2v) is 6.07. The topological polar surface area (TPSA) is 49.7 Å². The summed E-state index contributed by atoms with van der Waals surface area (Å²) in [6, 6.07) is 0.432.